The Kier molecular flexibility index (Phi) is 8.12. The molecule has 0 saturated heterocycles. The number of hydrogen-bond donors (Lipinski definition) is 0. The first-order valence-electron chi connectivity index (χ1n) is 9.23. The van der Waals surface area contributed by atoms with Gasteiger partial charge in [-0.05, 0) is 43.0 Å². The summed E-state index contributed by atoms with van der Waals surface area (Å²) in [5.74, 6) is 0.429. The highest BCUT2D eigenvalue weighted by atomic mass is 16.5. The molecule has 0 bridgehead atoms. The maximum Gasteiger partial charge on any atom is 0.330 e. The van der Waals surface area contributed by atoms with E-state index in [0.29, 0.717) is 12.2 Å². The Labute approximate surface area is 161 Å². The second-order valence-electron chi connectivity index (χ2n) is 6.23. The van der Waals surface area contributed by atoms with Crippen LogP contribution < -0.4 is 4.74 Å². The molecule has 2 aromatic carbocycles. The maximum absolute atomic E-state index is 11.1. The summed E-state index contributed by atoms with van der Waals surface area (Å²) < 4.78 is 11.4. The number of nitrogens with zero attached hydrogens (tertiary/aromatic N) is 1. The number of ether oxygens (including phenoxy) is 2. The van der Waals surface area contributed by atoms with Crippen LogP contribution in [-0.4, -0.2) is 18.7 Å². The summed E-state index contributed by atoms with van der Waals surface area (Å²) >= 11 is 0. The molecule has 140 valence electrons. The second-order valence-corrected chi connectivity index (χ2v) is 6.23. The smallest absolute Gasteiger partial charge is 0.330 e. The molecule has 2 rings (SSSR count). The van der Waals surface area contributed by atoms with Crippen molar-refractivity contribution < 1.29 is 14.3 Å². The fourth-order valence-electron chi connectivity index (χ4n) is 2.84. The molecule has 0 aromatic heterocycles. The first kappa shape index (κ1) is 20.3. The zero-order chi connectivity index (χ0) is 19.5. The highest BCUT2D eigenvalue weighted by molar-refractivity contribution is 5.81. The van der Waals surface area contributed by atoms with Crippen LogP contribution in [0.1, 0.15) is 38.2 Å². The van der Waals surface area contributed by atoms with Crippen LogP contribution in [-0.2, 0) is 9.53 Å². The van der Waals surface area contributed by atoms with Crippen LogP contribution >= 0.6 is 0 Å². The highest BCUT2D eigenvalue weighted by Crippen LogP contribution is 2.31. The van der Waals surface area contributed by atoms with Gasteiger partial charge in [-0.1, -0.05) is 50.3 Å². The van der Waals surface area contributed by atoms with Crippen molar-refractivity contribution in [3.63, 3.8) is 0 Å². The lowest BCUT2D eigenvalue weighted by Crippen LogP contribution is -2.18. The maximum atomic E-state index is 11.1. The van der Waals surface area contributed by atoms with Crippen molar-refractivity contribution in [2.45, 2.75) is 38.7 Å². The minimum absolute atomic E-state index is 0.0527. The van der Waals surface area contributed by atoms with E-state index >= 15 is 0 Å². The lowest BCUT2D eigenvalue weighted by atomic mass is 10.0. The predicted octanol–water partition coefficient (Wildman–Crippen LogP) is 5.28. The summed E-state index contributed by atoms with van der Waals surface area (Å²) in [6.45, 7) is 5.88. The summed E-state index contributed by atoms with van der Waals surface area (Å²) in [6, 6.07) is 17.5. The average molecular weight is 363 g/mol. The fourth-order valence-corrected chi connectivity index (χ4v) is 2.84. The van der Waals surface area contributed by atoms with Gasteiger partial charge in [-0.25, -0.2) is 4.79 Å². The lowest BCUT2D eigenvalue weighted by Gasteiger charge is -2.21. The number of hydrogen-bond acceptors (Lipinski definition) is 4. The van der Waals surface area contributed by atoms with E-state index in [2.05, 4.69) is 19.6 Å². The summed E-state index contributed by atoms with van der Waals surface area (Å²) in [5.41, 5.74) is 2.65. The van der Waals surface area contributed by atoms with Crippen molar-refractivity contribution in [2.75, 3.05) is 6.61 Å². The van der Waals surface area contributed by atoms with Gasteiger partial charge in [-0.2, -0.15) is 5.26 Å². The molecule has 0 amide bonds. The molecule has 4 heteroatoms. The predicted molar refractivity (Wildman–Crippen MR) is 106 cm³/mol. The number of carbonyl (C=O) groups excluding carboxylic acids is 1. The average Bonchev–Trinajstić information content (AvgIpc) is 2.71. The van der Waals surface area contributed by atoms with Crippen LogP contribution in [0.4, 0.5) is 0 Å². The zero-order valence-electron chi connectivity index (χ0n) is 15.7. The van der Waals surface area contributed by atoms with E-state index in [1.54, 1.807) is 0 Å². The van der Waals surface area contributed by atoms with Gasteiger partial charge in [-0.3, -0.25) is 0 Å². The molecular formula is C23H25NO3. The van der Waals surface area contributed by atoms with E-state index < -0.39 is 5.97 Å². The van der Waals surface area contributed by atoms with Gasteiger partial charge in [-0.15, -0.1) is 0 Å². The van der Waals surface area contributed by atoms with Crippen LogP contribution in [0.5, 0.6) is 5.75 Å². The Balaban J connectivity index is 2.07. The molecule has 27 heavy (non-hydrogen) atoms. The van der Waals surface area contributed by atoms with Gasteiger partial charge in [0.05, 0.1) is 24.3 Å². The molecule has 4 nitrogen and oxygen atoms in total. The van der Waals surface area contributed by atoms with Gasteiger partial charge in [0.25, 0.3) is 0 Å². The van der Waals surface area contributed by atoms with E-state index in [9.17, 15) is 4.79 Å². The number of rotatable bonds is 10. The van der Waals surface area contributed by atoms with Gasteiger partial charge < -0.3 is 9.47 Å². The van der Waals surface area contributed by atoms with Crippen LogP contribution in [0.3, 0.4) is 0 Å². The quantitative estimate of drug-likeness (QED) is 0.327. The van der Waals surface area contributed by atoms with Gasteiger partial charge >= 0.3 is 5.97 Å². The number of esters is 1. The lowest BCUT2D eigenvalue weighted by molar-refractivity contribution is -0.137. The third-order valence-corrected chi connectivity index (χ3v) is 4.20. The molecule has 1 unspecified atom stereocenters. The van der Waals surface area contributed by atoms with Gasteiger partial charge in [0, 0.05) is 11.6 Å². The molecule has 1 atom stereocenters. The van der Waals surface area contributed by atoms with E-state index in [1.807, 2.05) is 48.5 Å². The van der Waals surface area contributed by atoms with E-state index in [1.165, 1.54) is 6.08 Å². The van der Waals surface area contributed by atoms with E-state index in [-0.39, 0.29) is 6.10 Å². The molecule has 0 spiro atoms. The van der Waals surface area contributed by atoms with Crippen molar-refractivity contribution in [1.82, 2.24) is 0 Å². The standard InChI is InChI=1S/C23H25NO3/c1-3-8-20(9-7-16-26-23(25)4-2)27-22-11-6-5-10-21(22)19-14-12-18(17-24)13-15-19/h4-6,10-15,20H,2-3,7-9,16H2,1H3. The van der Waals surface area contributed by atoms with Gasteiger partial charge in [0.2, 0.25) is 0 Å². The largest absolute Gasteiger partial charge is 0.490 e. The van der Waals surface area contributed by atoms with Gasteiger partial charge in [0.1, 0.15) is 5.75 Å². The molecule has 0 heterocycles. The van der Waals surface area contributed by atoms with Gasteiger partial charge in [0.15, 0.2) is 0 Å². The number of carbonyl (C=O) groups is 1. The van der Waals surface area contributed by atoms with E-state index in [0.717, 1.165) is 42.6 Å². The van der Waals surface area contributed by atoms with Crippen LogP contribution in [0.15, 0.2) is 61.2 Å². The van der Waals surface area contributed by atoms with Crippen molar-refractivity contribution >= 4 is 5.97 Å². The van der Waals surface area contributed by atoms with Crippen molar-refractivity contribution in [2.24, 2.45) is 0 Å². The third-order valence-electron chi connectivity index (χ3n) is 4.20. The highest BCUT2D eigenvalue weighted by Gasteiger charge is 2.13. The Morgan fingerprint density at radius 1 is 1.19 bits per heavy atom. The van der Waals surface area contributed by atoms with Crippen molar-refractivity contribution in [3.05, 3.63) is 66.7 Å². The molecule has 0 aliphatic carbocycles. The molecule has 0 radical (unpaired) electrons. The normalized spacial score (nSPS) is 11.3. The summed E-state index contributed by atoms with van der Waals surface area (Å²) in [7, 11) is 0. The second kappa shape index (κ2) is 10.8. The van der Waals surface area contributed by atoms with E-state index in [4.69, 9.17) is 14.7 Å². The molecule has 0 N–H and O–H groups in total. The molecular weight excluding hydrogens is 338 g/mol. The SMILES string of the molecule is C=CC(=O)OCCCC(CCC)Oc1ccccc1-c1ccc(C#N)cc1. The zero-order valence-corrected chi connectivity index (χ0v) is 15.7. The van der Waals surface area contributed by atoms with Crippen LogP contribution in [0.2, 0.25) is 0 Å². The van der Waals surface area contributed by atoms with Crippen molar-refractivity contribution in [1.29, 1.82) is 5.26 Å². The fraction of sp³-hybridized carbons (Fsp3) is 0.304. The molecule has 0 fully saturated rings. The molecule has 2 aromatic rings. The number of para-hydroxylation sites is 1. The Morgan fingerprint density at radius 2 is 1.93 bits per heavy atom. The minimum atomic E-state index is -0.394. The number of nitriles is 1. The first-order chi connectivity index (χ1) is 13.2. The molecule has 0 aliphatic heterocycles. The molecule has 0 aliphatic rings. The Bertz CT molecular complexity index is 790. The van der Waals surface area contributed by atoms with Crippen LogP contribution in [0, 0.1) is 11.3 Å². The summed E-state index contributed by atoms with van der Waals surface area (Å²) in [6.07, 6.45) is 4.71. The summed E-state index contributed by atoms with van der Waals surface area (Å²) in [5, 5.41) is 8.97. The Morgan fingerprint density at radius 3 is 2.59 bits per heavy atom. The third kappa shape index (κ3) is 6.31. The van der Waals surface area contributed by atoms with Crippen LogP contribution in [0.25, 0.3) is 11.1 Å². The topological polar surface area (TPSA) is 59.3 Å². The summed E-state index contributed by atoms with van der Waals surface area (Å²) in [4.78, 5) is 11.1. The monoisotopic (exact) mass is 363 g/mol. The first-order valence-corrected chi connectivity index (χ1v) is 9.23. The van der Waals surface area contributed by atoms with Crippen molar-refractivity contribution in [3.8, 4) is 22.9 Å². The Hall–Kier alpha value is -3.06. The number of benzene rings is 2. The molecule has 0 saturated carbocycles. The minimum Gasteiger partial charge on any atom is -0.490 e.